The first-order valence-corrected chi connectivity index (χ1v) is 7.63. The predicted molar refractivity (Wildman–Crippen MR) is 86.8 cm³/mol. The molecular weight excluding hydrogens is 320 g/mol. The number of aromatic nitrogens is 3. The van der Waals surface area contributed by atoms with E-state index in [0.717, 1.165) is 22.9 Å². The van der Waals surface area contributed by atoms with Crippen LogP contribution >= 0.6 is 11.8 Å². The van der Waals surface area contributed by atoms with E-state index in [4.69, 9.17) is 5.84 Å². The number of thioether (sulfide) groups is 1. The number of hydrogen-bond acceptors (Lipinski definition) is 7. The van der Waals surface area contributed by atoms with Gasteiger partial charge in [0.25, 0.3) is 5.69 Å². The second-order valence-electron chi connectivity index (χ2n) is 4.95. The summed E-state index contributed by atoms with van der Waals surface area (Å²) in [6, 6.07) is 3.03. The van der Waals surface area contributed by atoms with E-state index in [0.29, 0.717) is 11.0 Å². The maximum atomic E-state index is 12.0. The normalized spacial score (nSPS) is 10.6. The third kappa shape index (κ3) is 3.77. The predicted octanol–water partition coefficient (Wildman–Crippen LogP) is 1.56. The molecule has 9 nitrogen and oxygen atoms in total. The van der Waals surface area contributed by atoms with Crippen molar-refractivity contribution in [1.29, 1.82) is 0 Å². The molecule has 0 atom stereocenters. The highest BCUT2D eigenvalue weighted by molar-refractivity contribution is 7.99. The number of amides is 1. The van der Waals surface area contributed by atoms with Crippen molar-refractivity contribution in [3.63, 3.8) is 0 Å². The Morgan fingerprint density at radius 2 is 2.00 bits per heavy atom. The van der Waals surface area contributed by atoms with E-state index in [9.17, 15) is 14.9 Å². The highest BCUT2D eigenvalue weighted by Crippen LogP contribution is 2.28. The fourth-order valence-electron chi connectivity index (χ4n) is 1.82. The van der Waals surface area contributed by atoms with Gasteiger partial charge in [0.15, 0.2) is 0 Å². The summed E-state index contributed by atoms with van der Waals surface area (Å²) >= 11 is 1.10. The highest BCUT2D eigenvalue weighted by atomic mass is 32.2. The van der Waals surface area contributed by atoms with Crippen molar-refractivity contribution in [3.05, 3.63) is 39.2 Å². The summed E-state index contributed by atoms with van der Waals surface area (Å²) in [6.45, 7) is 5.29. The molecule has 0 aliphatic heterocycles. The Bertz CT molecular complexity index is 773. The molecule has 2 aromatic rings. The van der Waals surface area contributed by atoms with Crippen molar-refractivity contribution in [2.24, 2.45) is 0 Å². The molecule has 1 aromatic heterocycles. The van der Waals surface area contributed by atoms with E-state index in [1.165, 1.54) is 10.7 Å². The number of benzene rings is 1. The van der Waals surface area contributed by atoms with Gasteiger partial charge in [-0.2, -0.15) is 0 Å². The molecule has 122 valence electrons. The van der Waals surface area contributed by atoms with E-state index in [-0.39, 0.29) is 23.0 Å². The van der Waals surface area contributed by atoms with E-state index < -0.39 is 4.92 Å². The number of nitro benzene ring substituents is 1. The summed E-state index contributed by atoms with van der Waals surface area (Å²) in [5.41, 5.74) is 1.69. The molecular formula is C13H16N6O3S. The SMILES string of the molecule is Cc1cc(NC(=O)CSc2nnc(C)n2N)c([N+](=O)[O-])cc1C. The van der Waals surface area contributed by atoms with Crippen LogP contribution in [0.2, 0.25) is 0 Å². The van der Waals surface area contributed by atoms with Crippen LogP contribution in [-0.4, -0.2) is 31.5 Å². The molecule has 23 heavy (non-hydrogen) atoms. The largest absolute Gasteiger partial charge is 0.336 e. The Hall–Kier alpha value is -2.62. The number of carbonyl (C=O) groups is 1. The van der Waals surface area contributed by atoms with Gasteiger partial charge in [-0.25, -0.2) is 4.68 Å². The second kappa shape index (κ2) is 6.65. The fourth-order valence-corrected chi connectivity index (χ4v) is 2.52. The Morgan fingerprint density at radius 3 is 2.57 bits per heavy atom. The zero-order chi connectivity index (χ0) is 17.1. The number of nitrogens with zero attached hydrogens (tertiary/aromatic N) is 4. The number of rotatable bonds is 5. The van der Waals surface area contributed by atoms with Crippen LogP contribution in [-0.2, 0) is 4.79 Å². The number of nitro groups is 1. The maximum Gasteiger partial charge on any atom is 0.293 e. The summed E-state index contributed by atoms with van der Waals surface area (Å²) in [4.78, 5) is 22.6. The lowest BCUT2D eigenvalue weighted by Gasteiger charge is -2.08. The Labute approximate surface area is 136 Å². The Kier molecular flexibility index (Phi) is 4.84. The molecule has 0 saturated carbocycles. The number of nitrogens with two attached hydrogens (primary N) is 1. The van der Waals surface area contributed by atoms with E-state index in [1.54, 1.807) is 19.9 Å². The molecule has 0 fully saturated rings. The van der Waals surface area contributed by atoms with E-state index in [2.05, 4.69) is 15.5 Å². The zero-order valence-corrected chi connectivity index (χ0v) is 13.7. The standard InChI is InChI=1S/C13H16N6O3S/c1-7-4-10(11(19(21)22)5-8(7)2)15-12(20)6-23-13-17-16-9(3)18(13)14/h4-5H,6,14H2,1-3H3,(H,15,20). The van der Waals surface area contributed by atoms with Crippen LogP contribution in [0, 0.1) is 30.9 Å². The fraction of sp³-hybridized carbons (Fsp3) is 0.308. The van der Waals surface area contributed by atoms with Gasteiger partial charge in [-0.1, -0.05) is 11.8 Å². The topological polar surface area (TPSA) is 129 Å². The minimum absolute atomic E-state index is 0.0133. The lowest BCUT2D eigenvalue weighted by molar-refractivity contribution is -0.384. The number of carbonyl (C=O) groups excluding carboxylic acids is 1. The van der Waals surface area contributed by atoms with Crippen LogP contribution in [0.4, 0.5) is 11.4 Å². The summed E-state index contributed by atoms with van der Waals surface area (Å²) in [7, 11) is 0. The van der Waals surface area contributed by atoms with Gasteiger partial charge in [0, 0.05) is 6.07 Å². The zero-order valence-electron chi connectivity index (χ0n) is 12.9. The van der Waals surface area contributed by atoms with Crippen molar-refractivity contribution < 1.29 is 9.72 Å². The number of nitrogens with one attached hydrogen (secondary N) is 1. The molecule has 1 aromatic carbocycles. The minimum atomic E-state index is -0.519. The first-order valence-electron chi connectivity index (χ1n) is 6.65. The number of hydrogen-bond donors (Lipinski definition) is 2. The lowest BCUT2D eigenvalue weighted by Crippen LogP contribution is -2.17. The van der Waals surface area contributed by atoms with Crippen LogP contribution in [0.5, 0.6) is 0 Å². The smallest absolute Gasteiger partial charge is 0.293 e. The molecule has 10 heteroatoms. The van der Waals surface area contributed by atoms with Crippen molar-refractivity contribution in [1.82, 2.24) is 14.9 Å². The van der Waals surface area contributed by atoms with Gasteiger partial charge in [-0.3, -0.25) is 14.9 Å². The molecule has 0 radical (unpaired) electrons. The maximum absolute atomic E-state index is 12.0. The van der Waals surface area contributed by atoms with Gasteiger partial charge in [0.1, 0.15) is 11.5 Å². The van der Waals surface area contributed by atoms with Crippen LogP contribution < -0.4 is 11.2 Å². The molecule has 0 aliphatic rings. The summed E-state index contributed by atoms with van der Waals surface area (Å²) in [5, 5.41) is 21.7. The molecule has 0 unspecified atom stereocenters. The molecule has 0 saturated heterocycles. The molecule has 0 bridgehead atoms. The quantitative estimate of drug-likeness (QED) is 0.367. The third-order valence-corrected chi connectivity index (χ3v) is 4.19. The summed E-state index contributed by atoms with van der Waals surface area (Å²) < 4.78 is 1.27. The van der Waals surface area contributed by atoms with Gasteiger partial charge in [-0.15, -0.1) is 10.2 Å². The third-order valence-electron chi connectivity index (χ3n) is 3.25. The van der Waals surface area contributed by atoms with Crippen LogP contribution in [0.25, 0.3) is 0 Å². The van der Waals surface area contributed by atoms with Crippen LogP contribution in [0.15, 0.2) is 17.3 Å². The monoisotopic (exact) mass is 336 g/mol. The van der Waals surface area contributed by atoms with Crippen LogP contribution in [0.3, 0.4) is 0 Å². The summed E-state index contributed by atoms with van der Waals surface area (Å²) in [6.07, 6.45) is 0. The number of aryl methyl sites for hydroxylation is 3. The van der Waals surface area contributed by atoms with E-state index in [1.807, 2.05) is 6.92 Å². The van der Waals surface area contributed by atoms with Gasteiger partial charge < -0.3 is 11.2 Å². The minimum Gasteiger partial charge on any atom is -0.336 e. The number of nitrogen functional groups attached to an aromatic ring is 1. The molecule has 2 rings (SSSR count). The first-order chi connectivity index (χ1) is 10.8. The lowest BCUT2D eigenvalue weighted by atomic mass is 10.1. The van der Waals surface area contributed by atoms with Gasteiger partial charge in [0.05, 0.1) is 10.7 Å². The number of anilines is 1. The van der Waals surface area contributed by atoms with Crippen molar-refractivity contribution in [2.45, 2.75) is 25.9 Å². The van der Waals surface area contributed by atoms with E-state index >= 15 is 0 Å². The molecule has 0 aliphatic carbocycles. The summed E-state index contributed by atoms with van der Waals surface area (Å²) in [5.74, 6) is 5.84. The Balaban J connectivity index is 2.09. The van der Waals surface area contributed by atoms with Gasteiger partial charge in [0.2, 0.25) is 11.1 Å². The average molecular weight is 336 g/mol. The highest BCUT2D eigenvalue weighted by Gasteiger charge is 2.18. The molecule has 0 spiro atoms. The Morgan fingerprint density at radius 1 is 1.35 bits per heavy atom. The van der Waals surface area contributed by atoms with Gasteiger partial charge in [-0.05, 0) is 38.0 Å². The van der Waals surface area contributed by atoms with Crippen molar-refractivity contribution in [3.8, 4) is 0 Å². The molecule has 3 N–H and O–H groups in total. The first kappa shape index (κ1) is 16.7. The average Bonchev–Trinajstić information content (AvgIpc) is 2.80. The second-order valence-corrected chi connectivity index (χ2v) is 5.89. The molecule has 1 heterocycles. The van der Waals surface area contributed by atoms with Crippen LogP contribution in [0.1, 0.15) is 17.0 Å². The van der Waals surface area contributed by atoms with Gasteiger partial charge >= 0.3 is 0 Å². The van der Waals surface area contributed by atoms with Crippen molar-refractivity contribution >= 4 is 29.0 Å². The molecule has 1 amide bonds. The van der Waals surface area contributed by atoms with Crippen molar-refractivity contribution in [2.75, 3.05) is 16.9 Å².